The number of aliphatic imine (C=N–C) groups is 2. The van der Waals surface area contributed by atoms with Crippen molar-refractivity contribution in [1.29, 1.82) is 0 Å². The Bertz CT molecular complexity index is 825. The van der Waals surface area contributed by atoms with Crippen LogP contribution in [0.1, 0.15) is 11.1 Å². The molecule has 0 saturated heterocycles. The average molecular weight is 378 g/mol. The van der Waals surface area contributed by atoms with E-state index < -0.39 is 29.8 Å². The van der Waals surface area contributed by atoms with Crippen LogP contribution in [0.3, 0.4) is 0 Å². The second kappa shape index (κ2) is 10.6. The van der Waals surface area contributed by atoms with Gasteiger partial charge in [0.05, 0.1) is 17.9 Å². The molecule has 0 aromatic heterocycles. The summed E-state index contributed by atoms with van der Waals surface area (Å²) in [5.74, 6) is -4.15. The molecule has 0 spiro atoms. The van der Waals surface area contributed by atoms with Crippen LogP contribution in [-0.4, -0.2) is 35.2 Å². The highest BCUT2D eigenvalue weighted by atomic mass is 16.3. The molecule has 0 aliphatic heterocycles. The number of amides is 2. The van der Waals surface area contributed by atoms with Gasteiger partial charge < -0.3 is 5.11 Å². The summed E-state index contributed by atoms with van der Waals surface area (Å²) in [6.45, 7) is 0. The van der Waals surface area contributed by atoms with E-state index in [4.69, 9.17) is 0 Å². The zero-order valence-corrected chi connectivity index (χ0v) is 14.9. The van der Waals surface area contributed by atoms with Crippen molar-refractivity contribution >= 4 is 24.0 Å². The van der Waals surface area contributed by atoms with Crippen LogP contribution >= 0.6 is 0 Å². The molecule has 2 rings (SSSR count). The predicted molar refractivity (Wildman–Crippen MR) is 99.5 cm³/mol. The molecule has 2 atom stereocenters. The number of carbonyl (C=O) groups is 2. The summed E-state index contributed by atoms with van der Waals surface area (Å²) in [6, 6.07) is 17.6. The lowest BCUT2D eigenvalue weighted by atomic mass is 9.82. The van der Waals surface area contributed by atoms with Crippen molar-refractivity contribution in [2.75, 3.05) is 0 Å². The van der Waals surface area contributed by atoms with Crippen molar-refractivity contribution in [1.82, 2.24) is 0 Å². The van der Waals surface area contributed by atoms with Crippen LogP contribution in [-0.2, 0) is 32.0 Å². The standard InChI is InChI=1S/C21H18N2O5/c24-13-22-20(27)17(11-15-7-3-1-4-8-15)19(26)18(21(28)23-14-25)12-16-9-5-2-6-10-16/h1-10,17-19,26H,11-12H2/t17-,18-/m1/s1. The van der Waals surface area contributed by atoms with E-state index in [-0.39, 0.29) is 12.8 Å². The maximum atomic E-state index is 12.3. The molecule has 0 heterocycles. The third-order valence-corrected chi connectivity index (χ3v) is 4.37. The van der Waals surface area contributed by atoms with Gasteiger partial charge in [-0.3, -0.25) is 9.59 Å². The second-order valence-electron chi connectivity index (χ2n) is 6.17. The molecular weight excluding hydrogens is 360 g/mol. The van der Waals surface area contributed by atoms with Crippen LogP contribution in [0, 0.1) is 11.8 Å². The zero-order chi connectivity index (χ0) is 20.4. The molecule has 0 unspecified atom stereocenters. The third kappa shape index (κ3) is 5.76. The number of aliphatic hydroxyl groups is 1. The van der Waals surface area contributed by atoms with E-state index in [1.54, 1.807) is 60.7 Å². The molecule has 7 heteroatoms. The minimum atomic E-state index is -1.52. The Morgan fingerprint density at radius 1 is 0.750 bits per heavy atom. The highest BCUT2D eigenvalue weighted by molar-refractivity contribution is 5.88. The van der Waals surface area contributed by atoms with Crippen molar-refractivity contribution < 1.29 is 24.3 Å². The normalized spacial score (nSPS) is 13.3. The van der Waals surface area contributed by atoms with Gasteiger partial charge in [0.1, 0.15) is 0 Å². The van der Waals surface area contributed by atoms with Gasteiger partial charge in [0.15, 0.2) is 0 Å². The van der Waals surface area contributed by atoms with Crippen LogP contribution in [0.15, 0.2) is 70.6 Å². The fourth-order valence-corrected chi connectivity index (χ4v) is 2.98. The first-order chi connectivity index (χ1) is 13.6. The Morgan fingerprint density at radius 2 is 1.11 bits per heavy atom. The van der Waals surface area contributed by atoms with Gasteiger partial charge in [-0.1, -0.05) is 60.7 Å². The van der Waals surface area contributed by atoms with E-state index in [2.05, 4.69) is 9.98 Å². The number of hydrogen-bond acceptors (Lipinski definition) is 5. The van der Waals surface area contributed by atoms with E-state index in [0.717, 1.165) is 0 Å². The highest BCUT2D eigenvalue weighted by Crippen LogP contribution is 2.24. The first kappa shape index (κ1) is 20.8. The van der Waals surface area contributed by atoms with Gasteiger partial charge in [0.2, 0.25) is 12.2 Å². The lowest BCUT2D eigenvalue weighted by molar-refractivity contribution is -0.131. The molecule has 28 heavy (non-hydrogen) atoms. The summed E-state index contributed by atoms with van der Waals surface area (Å²) in [5.41, 5.74) is 1.43. The van der Waals surface area contributed by atoms with Crippen LogP contribution in [0.4, 0.5) is 0 Å². The third-order valence-electron chi connectivity index (χ3n) is 4.37. The molecule has 2 amide bonds. The van der Waals surface area contributed by atoms with Gasteiger partial charge in [-0.15, -0.1) is 9.98 Å². The minimum Gasteiger partial charge on any atom is -0.391 e. The number of aliphatic hydroxyl groups excluding tert-OH is 1. The van der Waals surface area contributed by atoms with E-state index in [1.807, 2.05) is 0 Å². The molecule has 0 fully saturated rings. The summed E-state index contributed by atoms with van der Waals surface area (Å²) in [4.78, 5) is 52.0. The van der Waals surface area contributed by atoms with Crippen LogP contribution in [0.5, 0.6) is 0 Å². The minimum absolute atomic E-state index is 0.0510. The van der Waals surface area contributed by atoms with E-state index in [9.17, 15) is 24.3 Å². The summed E-state index contributed by atoms with van der Waals surface area (Å²) < 4.78 is 0. The Hall–Kier alpha value is -3.50. The van der Waals surface area contributed by atoms with Gasteiger partial charge >= 0.3 is 0 Å². The molecule has 0 radical (unpaired) electrons. The lowest BCUT2D eigenvalue weighted by Crippen LogP contribution is -2.39. The number of isocyanates is 2. The fraction of sp³-hybridized carbons (Fsp3) is 0.238. The van der Waals surface area contributed by atoms with E-state index in [1.165, 1.54) is 12.2 Å². The molecule has 0 aliphatic rings. The summed E-state index contributed by atoms with van der Waals surface area (Å²) in [6.07, 6.45) is 0.934. The first-order valence-corrected chi connectivity index (χ1v) is 8.56. The lowest BCUT2D eigenvalue weighted by Gasteiger charge is -2.26. The largest absolute Gasteiger partial charge is 0.391 e. The van der Waals surface area contributed by atoms with Crippen molar-refractivity contribution in [2.24, 2.45) is 21.8 Å². The number of benzene rings is 2. The topological polar surface area (TPSA) is 113 Å². The van der Waals surface area contributed by atoms with Crippen molar-refractivity contribution in [3.05, 3.63) is 71.8 Å². The summed E-state index contributed by atoms with van der Waals surface area (Å²) >= 11 is 0. The molecule has 0 saturated carbocycles. The first-order valence-electron chi connectivity index (χ1n) is 8.56. The van der Waals surface area contributed by atoms with Gasteiger partial charge in [-0.2, -0.15) is 0 Å². The maximum absolute atomic E-state index is 12.3. The smallest absolute Gasteiger partial charge is 0.262 e. The van der Waals surface area contributed by atoms with Crippen molar-refractivity contribution in [3.63, 3.8) is 0 Å². The molecule has 2 aromatic carbocycles. The molecule has 2 aromatic rings. The predicted octanol–water partition coefficient (Wildman–Crippen LogP) is 1.79. The average Bonchev–Trinajstić information content (AvgIpc) is 2.71. The van der Waals surface area contributed by atoms with Gasteiger partial charge in [-0.25, -0.2) is 9.59 Å². The number of hydrogen-bond donors (Lipinski definition) is 1. The Kier molecular flexibility index (Phi) is 7.88. The molecule has 0 aliphatic carbocycles. The van der Waals surface area contributed by atoms with Crippen LogP contribution in [0.25, 0.3) is 0 Å². The number of nitrogens with zero attached hydrogens (tertiary/aromatic N) is 2. The Labute approximate surface area is 161 Å². The van der Waals surface area contributed by atoms with E-state index in [0.29, 0.717) is 11.1 Å². The monoisotopic (exact) mass is 378 g/mol. The van der Waals surface area contributed by atoms with Crippen molar-refractivity contribution in [2.45, 2.75) is 18.9 Å². The molecular formula is C21H18N2O5. The number of carbonyl (C=O) groups excluding carboxylic acids is 4. The quantitative estimate of drug-likeness (QED) is 0.556. The SMILES string of the molecule is O=C=NC(=O)[C@H](Cc1ccccc1)C(O)[C@@H](Cc1ccccc1)C(=O)N=C=O. The Balaban J connectivity index is 2.37. The van der Waals surface area contributed by atoms with Crippen molar-refractivity contribution in [3.8, 4) is 0 Å². The molecule has 1 N–H and O–H groups in total. The van der Waals surface area contributed by atoms with Crippen LogP contribution < -0.4 is 0 Å². The highest BCUT2D eigenvalue weighted by Gasteiger charge is 2.37. The molecule has 142 valence electrons. The second-order valence-corrected chi connectivity index (χ2v) is 6.17. The fourth-order valence-electron chi connectivity index (χ4n) is 2.98. The van der Waals surface area contributed by atoms with Gasteiger partial charge in [0, 0.05) is 0 Å². The number of rotatable bonds is 8. The zero-order valence-electron chi connectivity index (χ0n) is 14.9. The maximum Gasteiger partial charge on any atom is 0.262 e. The molecule has 7 nitrogen and oxygen atoms in total. The van der Waals surface area contributed by atoms with Gasteiger partial charge in [0.25, 0.3) is 11.8 Å². The Morgan fingerprint density at radius 3 is 1.43 bits per heavy atom. The van der Waals surface area contributed by atoms with Crippen LogP contribution in [0.2, 0.25) is 0 Å². The van der Waals surface area contributed by atoms with E-state index >= 15 is 0 Å². The molecule has 0 bridgehead atoms. The summed E-state index contributed by atoms with van der Waals surface area (Å²) in [5, 5.41) is 10.9. The van der Waals surface area contributed by atoms with Gasteiger partial charge in [-0.05, 0) is 24.0 Å². The summed E-state index contributed by atoms with van der Waals surface area (Å²) in [7, 11) is 0.